The summed E-state index contributed by atoms with van der Waals surface area (Å²) >= 11 is 0. The molecule has 7 N–H and O–H groups in total. The molecule has 0 aromatic heterocycles. The van der Waals surface area contributed by atoms with Crippen LogP contribution in [-0.4, -0.2) is 96.5 Å². The summed E-state index contributed by atoms with van der Waals surface area (Å²) in [5.41, 5.74) is 13.2. The molecule has 3 amide bonds. The Morgan fingerprint density at radius 2 is 1.53 bits per heavy atom. The zero-order valence-electron chi connectivity index (χ0n) is 40.1. The lowest BCUT2D eigenvalue weighted by atomic mass is 9.88. The summed E-state index contributed by atoms with van der Waals surface area (Å²) in [6.45, 7) is 6.55. The molecule has 4 bridgehead atoms. The quantitative estimate of drug-likeness (QED) is 0.0450. The first kappa shape index (κ1) is 55.2. The number of phenolic OH excluding ortho intramolecular Hbond substituents is 1. The number of phenols is 1. The second-order valence-corrected chi connectivity index (χ2v) is 17.9. The number of fused-ring (bicyclic) bond motifs is 5. The Labute approximate surface area is 391 Å². The Morgan fingerprint density at radius 3 is 2.17 bits per heavy atom. The van der Waals surface area contributed by atoms with Crippen LogP contribution in [0.4, 0.5) is 0 Å². The van der Waals surface area contributed by atoms with E-state index in [1.165, 1.54) is 69.9 Å². The SMILES string of the molecule is CCCCCCCCCCCCCC(=O)C[C@@H](CCCCN)C(=O)N(C)[C@@H]1C(=O)C[C@@H](C)C(=O)N[C@H](C(=O)N[C@@H](C)C(=O)COC(C)=O)Cc2ccc(O)c(c2)-c2cc1ccc2OCCN. The van der Waals surface area contributed by atoms with E-state index in [1.54, 1.807) is 37.3 Å². The number of Topliss-reactive ketones (excluding diaryl/α,β-unsaturated/α-hetero) is 3. The molecule has 0 fully saturated rings. The Bertz CT molecular complexity index is 1920. The average molecular weight is 920 g/mol. The van der Waals surface area contributed by atoms with Crippen molar-refractivity contribution in [2.24, 2.45) is 23.3 Å². The number of likely N-dealkylation sites (N-methyl/N-ethyl adjacent to an activating group) is 1. The van der Waals surface area contributed by atoms with Crippen molar-refractivity contribution in [1.82, 2.24) is 15.5 Å². The van der Waals surface area contributed by atoms with Gasteiger partial charge in [0, 0.05) is 69.2 Å². The molecule has 0 saturated carbocycles. The number of nitrogens with one attached hydrogen (secondary N) is 2. The molecular weight excluding hydrogens is 843 g/mol. The van der Waals surface area contributed by atoms with Gasteiger partial charge in [-0.15, -0.1) is 0 Å². The highest BCUT2D eigenvalue weighted by molar-refractivity contribution is 5.97. The molecule has 1 aliphatic heterocycles. The maximum atomic E-state index is 14.7. The number of esters is 1. The number of carbonyl (C=O) groups excluding carboxylic acids is 7. The summed E-state index contributed by atoms with van der Waals surface area (Å²) in [6.07, 6.45) is 14.4. The fourth-order valence-corrected chi connectivity index (χ4v) is 8.36. The number of ether oxygens (including phenoxy) is 2. The lowest BCUT2D eigenvalue weighted by Gasteiger charge is -2.32. The third-order valence-corrected chi connectivity index (χ3v) is 12.3. The number of benzene rings is 2. The van der Waals surface area contributed by atoms with E-state index in [2.05, 4.69) is 17.6 Å². The minimum absolute atomic E-state index is 0.00570. The van der Waals surface area contributed by atoms with Gasteiger partial charge >= 0.3 is 5.97 Å². The molecule has 0 spiro atoms. The van der Waals surface area contributed by atoms with Crippen LogP contribution < -0.4 is 26.8 Å². The first-order valence-electron chi connectivity index (χ1n) is 24.2. The number of hydrogen-bond donors (Lipinski definition) is 5. The Morgan fingerprint density at radius 1 is 0.864 bits per heavy atom. The fraction of sp³-hybridized carbons (Fsp3) is 0.627. The van der Waals surface area contributed by atoms with Crippen molar-refractivity contribution in [3.8, 4) is 22.6 Å². The number of hydrogen-bond acceptors (Lipinski definition) is 12. The van der Waals surface area contributed by atoms with E-state index in [9.17, 15) is 38.7 Å². The van der Waals surface area contributed by atoms with Gasteiger partial charge in [-0.1, -0.05) is 96.6 Å². The van der Waals surface area contributed by atoms with Crippen molar-refractivity contribution < 1.29 is 48.1 Å². The second kappa shape index (κ2) is 29.5. The van der Waals surface area contributed by atoms with Crippen LogP contribution in [0.2, 0.25) is 0 Å². The van der Waals surface area contributed by atoms with Crippen LogP contribution in [0.1, 0.15) is 154 Å². The van der Waals surface area contributed by atoms with Crippen LogP contribution >= 0.6 is 0 Å². The van der Waals surface area contributed by atoms with E-state index in [4.69, 9.17) is 20.9 Å². The molecule has 1 heterocycles. The van der Waals surface area contributed by atoms with Crippen molar-refractivity contribution in [3.63, 3.8) is 0 Å². The molecule has 1 aliphatic rings. The van der Waals surface area contributed by atoms with Crippen LogP contribution in [0, 0.1) is 11.8 Å². The number of nitrogens with two attached hydrogens (primary N) is 2. The summed E-state index contributed by atoms with van der Waals surface area (Å²) in [4.78, 5) is 95.8. The van der Waals surface area contributed by atoms with E-state index in [1.807, 2.05) is 0 Å². The lowest BCUT2D eigenvalue weighted by molar-refractivity contribution is -0.146. The number of rotatable bonds is 28. The Kier molecular flexibility index (Phi) is 24.6. The molecular formula is C51H77N5O10. The van der Waals surface area contributed by atoms with Gasteiger partial charge in [0.1, 0.15) is 36.0 Å². The summed E-state index contributed by atoms with van der Waals surface area (Å²) < 4.78 is 10.8. The maximum absolute atomic E-state index is 14.7. The lowest BCUT2D eigenvalue weighted by Crippen LogP contribution is -2.53. The Balaban J connectivity index is 1.96. The van der Waals surface area contributed by atoms with Crippen molar-refractivity contribution >= 4 is 41.0 Å². The van der Waals surface area contributed by atoms with Crippen LogP contribution in [0.3, 0.4) is 0 Å². The predicted octanol–water partition coefficient (Wildman–Crippen LogP) is 6.57. The van der Waals surface area contributed by atoms with E-state index >= 15 is 0 Å². The number of carbonyl (C=O) groups is 7. The number of nitrogens with zero attached hydrogens (tertiary/aromatic N) is 1. The van der Waals surface area contributed by atoms with Crippen molar-refractivity contribution in [2.45, 2.75) is 161 Å². The summed E-state index contributed by atoms with van der Waals surface area (Å²) in [5, 5.41) is 16.7. The molecule has 15 heteroatoms. The monoisotopic (exact) mass is 920 g/mol. The summed E-state index contributed by atoms with van der Waals surface area (Å²) in [6, 6.07) is 6.14. The number of ketones is 3. The zero-order chi connectivity index (χ0) is 48.6. The summed E-state index contributed by atoms with van der Waals surface area (Å²) in [5.74, 6) is -4.90. The van der Waals surface area contributed by atoms with Gasteiger partial charge in [0.05, 0.1) is 6.04 Å². The van der Waals surface area contributed by atoms with Crippen molar-refractivity contribution in [3.05, 3.63) is 47.5 Å². The first-order chi connectivity index (χ1) is 31.6. The highest BCUT2D eigenvalue weighted by atomic mass is 16.5. The van der Waals surface area contributed by atoms with Crippen LogP contribution in [0.15, 0.2) is 36.4 Å². The standard InChI is InChI=1S/C51H77N5O10/c1-6-7-8-9-10-11-12-13-14-15-16-20-40(58)31-39(19-17-18-25-52)51(64)56(5)48-38-22-24-47(65-27-26-53)42(32-38)41-29-37(21-23-44(41)59)30-43(55-49(62)34(2)28-45(48)60)50(63)54-35(3)46(61)33-66-36(4)57/h21-24,29,32,34-35,39,43,48,59H,6-20,25-28,30-31,33,52-53H2,1-5H3,(H,54,63)(H,55,62)/t34-,35+,39-,43+,48+/m1/s1. The van der Waals surface area contributed by atoms with Crippen LogP contribution in [0.5, 0.6) is 11.5 Å². The average Bonchev–Trinajstić information content (AvgIpc) is 3.28. The fourth-order valence-electron chi connectivity index (χ4n) is 8.36. The predicted molar refractivity (Wildman–Crippen MR) is 254 cm³/mol. The molecule has 66 heavy (non-hydrogen) atoms. The van der Waals surface area contributed by atoms with Gasteiger partial charge in [0.2, 0.25) is 17.7 Å². The topological polar surface area (TPSA) is 238 Å². The van der Waals surface area contributed by atoms with Gasteiger partial charge < -0.3 is 41.6 Å². The van der Waals surface area contributed by atoms with Crippen LogP contribution in [0.25, 0.3) is 11.1 Å². The third-order valence-electron chi connectivity index (χ3n) is 12.3. The highest BCUT2D eigenvalue weighted by Crippen LogP contribution is 2.40. The smallest absolute Gasteiger partial charge is 0.303 e. The van der Waals surface area contributed by atoms with E-state index in [0.29, 0.717) is 54.7 Å². The normalized spacial score (nSPS) is 17.2. The van der Waals surface area contributed by atoms with Gasteiger partial charge in [0.15, 0.2) is 18.2 Å². The minimum Gasteiger partial charge on any atom is -0.507 e. The van der Waals surface area contributed by atoms with E-state index < -0.39 is 65.9 Å². The van der Waals surface area contributed by atoms with Gasteiger partial charge in [-0.05, 0) is 68.1 Å². The molecule has 366 valence electrons. The molecule has 0 aliphatic carbocycles. The molecule has 0 radical (unpaired) electrons. The van der Waals surface area contributed by atoms with Crippen LogP contribution in [-0.2, 0) is 44.7 Å². The molecule has 3 rings (SSSR count). The minimum atomic E-state index is -1.24. The summed E-state index contributed by atoms with van der Waals surface area (Å²) in [7, 11) is 1.53. The van der Waals surface area contributed by atoms with Gasteiger partial charge in [-0.3, -0.25) is 33.6 Å². The molecule has 2 aromatic carbocycles. The molecule has 0 saturated heterocycles. The highest BCUT2D eigenvalue weighted by Gasteiger charge is 2.36. The first-order valence-corrected chi connectivity index (χ1v) is 24.2. The maximum Gasteiger partial charge on any atom is 0.303 e. The Hall–Kier alpha value is -5.15. The molecule has 2 aromatic rings. The third kappa shape index (κ3) is 18.3. The zero-order valence-corrected chi connectivity index (χ0v) is 40.1. The van der Waals surface area contributed by atoms with Gasteiger partial charge in [-0.2, -0.15) is 0 Å². The number of aromatic hydroxyl groups is 1. The second-order valence-electron chi connectivity index (χ2n) is 17.9. The molecule has 15 nitrogen and oxygen atoms in total. The molecule has 5 atom stereocenters. The van der Waals surface area contributed by atoms with E-state index in [-0.39, 0.29) is 55.4 Å². The largest absolute Gasteiger partial charge is 0.507 e. The van der Waals surface area contributed by atoms with E-state index in [0.717, 1.165) is 32.6 Å². The molecule has 0 unspecified atom stereocenters. The van der Waals surface area contributed by atoms with Crippen molar-refractivity contribution in [1.29, 1.82) is 0 Å². The van der Waals surface area contributed by atoms with Gasteiger partial charge in [0.25, 0.3) is 0 Å². The van der Waals surface area contributed by atoms with Gasteiger partial charge in [-0.25, -0.2) is 0 Å². The number of amides is 3. The van der Waals surface area contributed by atoms with Crippen molar-refractivity contribution in [2.75, 3.05) is 33.4 Å². The number of unbranched alkanes of at least 4 members (excludes halogenated alkanes) is 11.